The summed E-state index contributed by atoms with van der Waals surface area (Å²) in [5, 5.41) is 12.5. The van der Waals surface area contributed by atoms with Gasteiger partial charge in [-0.25, -0.2) is 0 Å². The predicted octanol–water partition coefficient (Wildman–Crippen LogP) is 1.75. The van der Waals surface area contributed by atoms with Crippen molar-refractivity contribution in [1.29, 1.82) is 0 Å². The third-order valence-corrected chi connectivity index (χ3v) is 3.53. The molecule has 1 aromatic rings. The molecule has 0 saturated heterocycles. The topological polar surface area (TPSA) is 58.6 Å². The third-order valence-electron chi connectivity index (χ3n) is 3.21. The highest BCUT2D eigenvalue weighted by Gasteiger charge is 2.37. The van der Waals surface area contributed by atoms with Gasteiger partial charge in [0.2, 0.25) is 0 Å². The molecule has 1 aliphatic carbocycles. The molecule has 0 aliphatic heterocycles. The molecule has 0 aromatic heterocycles. The van der Waals surface area contributed by atoms with Gasteiger partial charge in [-0.1, -0.05) is 23.7 Å². The van der Waals surface area contributed by atoms with Crippen molar-refractivity contribution in [3.63, 3.8) is 0 Å². The first-order chi connectivity index (χ1) is 8.65. The quantitative estimate of drug-likeness (QED) is 0.856. The standard InChI is InChI=1S/C13H16ClNO3/c14-10-4-1-2-5-11(10)18-8-12(17)15-13(9-16)6-3-7-13/h1-2,4-5,16H,3,6-9H2,(H,15,17). The number of aliphatic hydroxyl groups excluding tert-OH is 1. The minimum atomic E-state index is -0.430. The summed E-state index contributed by atoms with van der Waals surface area (Å²) in [6.07, 6.45) is 2.68. The zero-order valence-corrected chi connectivity index (χ0v) is 10.7. The Bertz CT molecular complexity index is 426. The molecule has 98 valence electrons. The van der Waals surface area contributed by atoms with Gasteiger partial charge in [0.1, 0.15) is 5.75 Å². The number of rotatable bonds is 5. The van der Waals surface area contributed by atoms with Gasteiger partial charge in [0.05, 0.1) is 17.2 Å². The van der Waals surface area contributed by atoms with Gasteiger partial charge < -0.3 is 15.2 Å². The molecular formula is C13H16ClNO3. The van der Waals surface area contributed by atoms with Crippen molar-refractivity contribution in [2.45, 2.75) is 24.8 Å². The molecule has 0 radical (unpaired) electrons. The van der Waals surface area contributed by atoms with Crippen molar-refractivity contribution < 1.29 is 14.6 Å². The minimum absolute atomic E-state index is 0.0230. The van der Waals surface area contributed by atoms with Crippen LogP contribution in [0, 0.1) is 0 Å². The Labute approximate surface area is 111 Å². The molecule has 0 bridgehead atoms. The lowest BCUT2D eigenvalue weighted by molar-refractivity contribution is -0.127. The molecule has 4 nitrogen and oxygen atoms in total. The summed E-state index contributed by atoms with van der Waals surface area (Å²) in [5.41, 5.74) is -0.430. The Kier molecular flexibility index (Phi) is 4.09. The summed E-state index contributed by atoms with van der Waals surface area (Å²) in [5.74, 6) is 0.254. The number of amides is 1. The number of ether oxygens (including phenoxy) is 1. The SMILES string of the molecule is O=C(COc1ccccc1Cl)NC1(CO)CCC1. The van der Waals surface area contributed by atoms with Crippen LogP contribution in [-0.2, 0) is 4.79 Å². The van der Waals surface area contributed by atoms with Crippen molar-refractivity contribution in [1.82, 2.24) is 5.32 Å². The Morgan fingerprint density at radius 2 is 2.17 bits per heavy atom. The van der Waals surface area contributed by atoms with Crippen LogP contribution in [-0.4, -0.2) is 29.8 Å². The van der Waals surface area contributed by atoms with Gasteiger partial charge in [-0.05, 0) is 31.4 Å². The fourth-order valence-corrected chi connectivity index (χ4v) is 2.15. The number of carbonyl (C=O) groups excluding carboxylic acids is 1. The van der Waals surface area contributed by atoms with Gasteiger partial charge in [-0.2, -0.15) is 0 Å². The second kappa shape index (κ2) is 5.59. The molecule has 1 aromatic carbocycles. The van der Waals surface area contributed by atoms with Crippen LogP contribution in [0.3, 0.4) is 0 Å². The first-order valence-corrected chi connectivity index (χ1v) is 6.32. The molecule has 1 aliphatic rings. The smallest absolute Gasteiger partial charge is 0.258 e. The van der Waals surface area contributed by atoms with Crippen LogP contribution in [0.15, 0.2) is 24.3 Å². The van der Waals surface area contributed by atoms with Crippen molar-refractivity contribution >= 4 is 17.5 Å². The number of benzene rings is 1. The number of halogens is 1. The Morgan fingerprint density at radius 3 is 2.72 bits per heavy atom. The molecule has 2 N–H and O–H groups in total. The van der Waals surface area contributed by atoms with E-state index in [0.717, 1.165) is 19.3 Å². The lowest BCUT2D eigenvalue weighted by Gasteiger charge is -2.40. The van der Waals surface area contributed by atoms with E-state index in [1.54, 1.807) is 24.3 Å². The zero-order valence-electron chi connectivity index (χ0n) is 9.99. The largest absolute Gasteiger partial charge is 0.482 e. The van der Waals surface area contributed by atoms with E-state index in [9.17, 15) is 9.90 Å². The van der Waals surface area contributed by atoms with E-state index in [0.29, 0.717) is 10.8 Å². The van der Waals surface area contributed by atoms with Gasteiger partial charge in [0.25, 0.3) is 5.91 Å². The molecule has 1 saturated carbocycles. The highest BCUT2D eigenvalue weighted by molar-refractivity contribution is 6.32. The first-order valence-electron chi connectivity index (χ1n) is 5.94. The van der Waals surface area contributed by atoms with E-state index < -0.39 is 5.54 Å². The van der Waals surface area contributed by atoms with E-state index in [1.165, 1.54) is 0 Å². The maximum Gasteiger partial charge on any atom is 0.258 e. The van der Waals surface area contributed by atoms with E-state index in [2.05, 4.69) is 5.32 Å². The Hall–Kier alpha value is -1.26. The van der Waals surface area contributed by atoms with Gasteiger partial charge in [0, 0.05) is 0 Å². The lowest BCUT2D eigenvalue weighted by atomic mass is 9.77. The Morgan fingerprint density at radius 1 is 1.44 bits per heavy atom. The number of para-hydroxylation sites is 1. The average Bonchev–Trinajstić information content (AvgIpc) is 2.33. The normalized spacial score (nSPS) is 16.8. The molecule has 5 heteroatoms. The number of hydrogen-bond acceptors (Lipinski definition) is 3. The van der Waals surface area contributed by atoms with Crippen molar-refractivity contribution in [3.05, 3.63) is 29.3 Å². The minimum Gasteiger partial charge on any atom is -0.482 e. The predicted molar refractivity (Wildman–Crippen MR) is 68.8 cm³/mol. The molecule has 18 heavy (non-hydrogen) atoms. The van der Waals surface area contributed by atoms with Gasteiger partial charge in [-0.3, -0.25) is 4.79 Å². The summed E-state index contributed by atoms with van der Waals surface area (Å²) < 4.78 is 5.33. The monoisotopic (exact) mass is 269 g/mol. The summed E-state index contributed by atoms with van der Waals surface area (Å²) >= 11 is 5.91. The second-order valence-electron chi connectivity index (χ2n) is 4.56. The van der Waals surface area contributed by atoms with Crippen LogP contribution in [0.2, 0.25) is 5.02 Å². The number of aliphatic hydroxyl groups is 1. The van der Waals surface area contributed by atoms with Crippen LogP contribution in [0.5, 0.6) is 5.75 Å². The number of hydrogen-bond donors (Lipinski definition) is 2. The second-order valence-corrected chi connectivity index (χ2v) is 4.97. The van der Waals surface area contributed by atoms with Gasteiger partial charge in [-0.15, -0.1) is 0 Å². The lowest BCUT2D eigenvalue weighted by Crippen LogP contribution is -2.57. The molecule has 2 rings (SSSR count). The third kappa shape index (κ3) is 2.94. The van der Waals surface area contributed by atoms with Crippen LogP contribution in [0.1, 0.15) is 19.3 Å². The van der Waals surface area contributed by atoms with Gasteiger partial charge in [0.15, 0.2) is 6.61 Å². The molecule has 0 atom stereocenters. The molecule has 1 amide bonds. The van der Waals surface area contributed by atoms with Crippen LogP contribution < -0.4 is 10.1 Å². The maximum atomic E-state index is 11.7. The zero-order chi connectivity index (χ0) is 13.0. The molecule has 0 heterocycles. The summed E-state index contributed by atoms with van der Waals surface area (Å²) in [4.78, 5) is 11.7. The van der Waals surface area contributed by atoms with Crippen molar-refractivity contribution in [2.24, 2.45) is 0 Å². The first kappa shape index (κ1) is 13.2. The highest BCUT2D eigenvalue weighted by Crippen LogP contribution is 2.31. The molecule has 0 unspecified atom stereocenters. The van der Waals surface area contributed by atoms with Gasteiger partial charge >= 0.3 is 0 Å². The number of nitrogens with one attached hydrogen (secondary N) is 1. The van der Waals surface area contributed by atoms with Crippen molar-refractivity contribution in [3.8, 4) is 5.75 Å². The van der Waals surface area contributed by atoms with E-state index >= 15 is 0 Å². The summed E-state index contributed by atoms with van der Waals surface area (Å²) in [7, 11) is 0. The van der Waals surface area contributed by atoms with Crippen molar-refractivity contribution in [2.75, 3.05) is 13.2 Å². The molecular weight excluding hydrogens is 254 g/mol. The van der Waals surface area contributed by atoms with E-state index in [-0.39, 0.29) is 19.1 Å². The van der Waals surface area contributed by atoms with Crippen LogP contribution in [0.4, 0.5) is 0 Å². The highest BCUT2D eigenvalue weighted by atomic mass is 35.5. The van der Waals surface area contributed by atoms with E-state index in [1.807, 2.05) is 0 Å². The molecule has 1 fully saturated rings. The fourth-order valence-electron chi connectivity index (χ4n) is 1.96. The van der Waals surface area contributed by atoms with Crippen LogP contribution >= 0.6 is 11.6 Å². The molecule has 0 spiro atoms. The average molecular weight is 270 g/mol. The summed E-state index contributed by atoms with van der Waals surface area (Å²) in [6.45, 7) is -0.115. The maximum absolute atomic E-state index is 11.7. The number of carbonyl (C=O) groups is 1. The Balaban J connectivity index is 1.83. The van der Waals surface area contributed by atoms with E-state index in [4.69, 9.17) is 16.3 Å². The van der Waals surface area contributed by atoms with Crippen LogP contribution in [0.25, 0.3) is 0 Å². The summed E-state index contributed by atoms with van der Waals surface area (Å²) in [6, 6.07) is 7.00. The fraction of sp³-hybridized carbons (Fsp3) is 0.462.